The third-order valence-corrected chi connectivity index (χ3v) is 4.99. The maximum atomic E-state index is 12.6. The van der Waals surface area contributed by atoms with Gasteiger partial charge >= 0.3 is 5.97 Å². The summed E-state index contributed by atoms with van der Waals surface area (Å²) in [5.74, 6) is 0.278. The van der Waals surface area contributed by atoms with Gasteiger partial charge < -0.3 is 14.5 Å². The number of methoxy groups -OCH3 is 1. The Bertz CT molecular complexity index is 905. The van der Waals surface area contributed by atoms with Gasteiger partial charge in [-0.3, -0.25) is 4.79 Å². The van der Waals surface area contributed by atoms with Gasteiger partial charge in [0.1, 0.15) is 15.5 Å². The number of H-pyrrole nitrogens is 1. The van der Waals surface area contributed by atoms with Crippen LogP contribution in [-0.4, -0.2) is 30.5 Å². The molecule has 24 heavy (non-hydrogen) atoms. The third-order valence-electron chi connectivity index (χ3n) is 3.79. The van der Waals surface area contributed by atoms with Crippen LogP contribution in [0.15, 0.2) is 30.3 Å². The van der Waals surface area contributed by atoms with Crippen molar-refractivity contribution in [2.75, 3.05) is 13.7 Å². The molecule has 0 saturated heterocycles. The minimum atomic E-state index is -0.326. The van der Waals surface area contributed by atoms with E-state index >= 15 is 0 Å². The molecule has 5 nitrogen and oxygen atoms in total. The normalized spacial score (nSPS) is 10.8. The maximum Gasteiger partial charge on any atom is 0.348 e. The molecule has 0 aliphatic heterocycles. The number of ether oxygens (including phenoxy) is 2. The number of aromatic nitrogens is 1. The molecule has 0 spiro atoms. The van der Waals surface area contributed by atoms with E-state index in [0.717, 1.165) is 15.8 Å². The molecule has 0 aliphatic rings. The highest BCUT2D eigenvalue weighted by Crippen LogP contribution is 2.32. The molecule has 0 aliphatic carbocycles. The van der Waals surface area contributed by atoms with E-state index in [9.17, 15) is 9.59 Å². The van der Waals surface area contributed by atoms with E-state index in [1.165, 1.54) is 11.3 Å². The van der Waals surface area contributed by atoms with Gasteiger partial charge in [-0.15, -0.1) is 11.3 Å². The molecular formula is C18H17NO4S. The van der Waals surface area contributed by atoms with E-state index in [1.807, 2.05) is 6.92 Å². The Kier molecular flexibility index (Phi) is 4.40. The van der Waals surface area contributed by atoms with Crippen LogP contribution in [0.25, 0.3) is 10.2 Å². The molecule has 2 heterocycles. The number of aromatic amines is 1. The lowest BCUT2D eigenvalue weighted by Gasteiger charge is -2.02. The van der Waals surface area contributed by atoms with Crippen LogP contribution in [0, 0.1) is 6.92 Å². The van der Waals surface area contributed by atoms with E-state index < -0.39 is 0 Å². The molecule has 0 radical (unpaired) electrons. The van der Waals surface area contributed by atoms with Crippen LogP contribution >= 0.6 is 11.3 Å². The first-order valence-electron chi connectivity index (χ1n) is 7.53. The fourth-order valence-corrected chi connectivity index (χ4v) is 3.60. The van der Waals surface area contributed by atoms with Gasteiger partial charge in [0.15, 0.2) is 0 Å². The van der Waals surface area contributed by atoms with E-state index in [-0.39, 0.29) is 11.8 Å². The van der Waals surface area contributed by atoms with Crippen LogP contribution in [0.2, 0.25) is 0 Å². The number of carbonyl (C=O) groups is 2. The second-order valence-corrected chi connectivity index (χ2v) is 6.28. The van der Waals surface area contributed by atoms with E-state index in [0.29, 0.717) is 28.5 Å². The maximum absolute atomic E-state index is 12.6. The van der Waals surface area contributed by atoms with Gasteiger partial charge in [-0.2, -0.15) is 0 Å². The van der Waals surface area contributed by atoms with Crippen LogP contribution < -0.4 is 4.74 Å². The standard InChI is InChI=1S/C18H17NO4S/c1-4-23-18(21)16-10(2)13-9-14(19-17(13)24-16)15(20)11-5-7-12(22-3)8-6-11/h5-9,19H,4H2,1-3H3. The molecule has 2 aromatic heterocycles. The molecule has 124 valence electrons. The van der Waals surface area contributed by atoms with E-state index in [1.54, 1.807) is 44.4 Å². The summed E-state index contributed by atoms with van der Waals surface area (Å²) in [4.78, 5) is 29.0. The van der Waals surface area contributed by atoms with Crippen LogP contribution in [0.1, 0.15) is 38.2 Å². The van der Waals surface area contributed by atoms with Crippen molar-refractivity contribution in [1.82, 2.24) is 4.98 Å². The van der Waals surface area contributed by atoms with E-state index in [4.69, 9.17) is 9.47 Å². The van der Waals surface area contributed by atoms with Crippen molar-refractivity contribution in [3.63, 3.8) is 0 Å². The van der Waals surface area contributed by atoms with E-state index in [2.05, 4.69) is 4.98 Å². The van der Waals surface area contributed by atoms with Gasteiger partial charge in [-0.25, -0.2) is 4.79 Å². The predicted octanol–water partition coefficient (Wildman–Crippen LogP) is 3.95. The third kappa shape index (κ3) is 2.80. The largest absolute Gasteiger partial charge is 0.497 e. The minimum Gasteiger partial charge on any atom is -0.497 e. The molecule has 0 amide bonds. The van der Waals surface area contributed by atoms with Crippen molar-refractivity contribution in [2.45, 2.75) is 13.8 Å². The number of hydrogen-bond donors (Lipinski definition) is 1. The minimum absolute atomic E-state index is 0.0989. The average molecular weight is 343 g/mol. The number of hydrogen-bond acceptors (Lipinski definition) is 5. The fraction of sp³-hybridized carbons (Fsp3) is 0.222. The summed E-state index contributed by atoms with van der Waals surface area (Å²) in [7, 11) is 1.58. The number of rotatable bonds is 5. The molecule has 0 atom stereocenters. The lowest BCUT2D eigenvalue weighted by molar-refractivity contribution is 0.0531. The summed E-state index contributed by atoms with van der Waals surface area (Å²) in [6.07, 6.45) is 0. The number of fused-ring (bicyclic) bond motifs is 1. The lowest BCUT2D eigenvalue weighted by atomic mass is 10.1. The second-order valence-electron chi connectivity index (χ2n) is 5.26. The topological polar surface area (TPSA) is 68.4 Å². The van der Waals surface area contributed by atoms with Gasteiger partial charge in [-0.1, -0.05) is 0 Å². The molecule has 0 saturated carbocycles. The van der Waals surface area contributed by atoms with Gasteiger partial charge in [0.25, 0.3) is 0 Å². The predicted molar refractivity (Wildman–Crippen MR) is 93.3 cm³/mol. The molecule has 3 aromatic rings. The summed E-state index contributed by atoms with van der Waals surface area (Å²) >= 11 is 1.31. The Morgan fingerprint density at radius 3 is 2.50 bits per heavy atom. The van der Waals surface area contributed by atoms with Crippen molar-refractivity contribution in [2.24, 2.45) is 0 Å². The monoisotopic (exact) mass is 343 g/mol. The smallest absolute Gasteiger partial charge is 0.348 e. The summed E-state index contributed by atoms with van der Waals surface area (Å²) in [5.41, 5.74) is 1.91. The van der Waals surface area contributed by atoms with Crippen molar-refractivity contribution in [1.29, 1.82) is 0 Å². The summed E-state index contributed by atoms with van der Waals surface area (Å²) in [5, 5.41) is 0.875. The zero-order valence-electron chi connectivity index (χ0n) is 13.6. The van der Waals surface area contributed by atoms with Crippen LogP contribution in [0.4, 0.5) is 0 Å². The van der Waals surface area contributed by atoms with Crippen LogP contribution in [0.5, 0.6) is 5.75 Å². The quantitative estimate of drug-likeness (QED) is 0.562. The van der Waals surface area contributed by atoms with Gasteiger partial charge in [-0.05, 0) is 49.7 Å². The zero-order valence-corrected chi connectivity index (χ0v) is 14.5. The summed E-state index contributed by atoms with van der Waals surface area (Å²) < 4.78 is 10.2. The number of esters is 1. The average Bonchev–Trinajstić information content (AvgIpc) is 3.14. The van der Waals surface area contributed by atoms with Gasteiger partial charge in [0.2, 0.25) is 5.78 Å². The van der Waals surface area contributed by atoms with Crippen molar-refractivity contribution < 1.29 is 19.1 Å². The number of carbonyl (C=O) groups excluding carboxylic acids is 2. The SMILES string of the molecule is CCOC(=O)c1sc2[nH]c(C(=O)c3ccc(OC)cc3)cc2c1C. The summed E-state index contributed by atoms with van der Waals surface area (Å²) in [6, 6.07) is 8.75. The number of ketones is 1. The highest BCUT2D eigenvalue weighted by Gasteiger charge is 2.20. The Hall–Kier alpha value is -2.60. The number of thiophene rings is 1. The first-order chi connectivity index (χ1) is 11.5. The molecule has 3 rings (SSSR count). The van der Waals surface area contributed by atoms with Crippen molar-refractivity contribution in [3.8, 4) is 5.75 Å². The van der Waals surface area contributed by atoms with Crippen molar-refractivity contribution >= 4 is 33.3 Å². The Morgan fingerprint density at radius 2 is 1.92 bits per heavy atom. The number of nitrogens with one attached hydrogen (secondary N) is 1. The Labute approximate surface area is 143 Å². The van der Waals surface area contributed by atoms with Gasteiger partial charge in [0.05, 0.1) is 19.4 Å². The first kappa shape index (κ1) is 16.3. The zero-order chi connectivity index (χ0) is 17.3. The van der Waals surface area contributed by atoms with Gasteiger partial charge in [0, 0.05) is 10.9 Å². The number of benzene rings is 1. The Morgan fingerprint density at radius 1 is 1.21 bits per heavy atom. The highest BCUT2D eigenvalue weighted by atomic mass is 32.1. The number of aryl methyl sites for hydroxylation is 1. The van der Waals surface area contributed by atoms with Crippen LogP contribution in [-0.2, 0) is 4.74 Å². The van der Waals surface area contributed by atoms with Crippen molar-refractivity contribution in [3.05, 3.63) is 52.0 Å². The lowest BCUT2D eigenvalue weighted by Crippen LogP contribution is -2.04. The molecule has 6 heteroatoms. The molecule has 1 N–H and O–H groups in total. The molecular weight excluding hydrogens is 326 g/mol. The Balaban J connectivity index is 1.93. The second kappa shape index (κ2) is 6.49. The molecule has 1 aromatic carbocycles. The van der Waals surface area contributed by atoms with Crippen LogP contribution in [0.3, 0.4) is 0 Å². The summed E-state index contributed by atoms with van der Waals surface area (Å²) in [6.45, 7) is 3.98. The molecule has 0 fully saturated rings. The highest BCUT2D eigenvalue weighted by molar-refractivity contribution is 7.20. The first-order valence-corrected chi connectivity index (χ1v) is 8.34. The molecule has 0 unspecified atom stereocenters. The fourth-order valence-electron chi connectivity index (χ4n) is 2.51. The molecule has 0 bridgehead atoms.